The molecular formula is C19H24N2O2S. The summed E-state index contributed by atoms with van der Waals surface area (Å²) in [6.07, 6.45) is 0. The number of nitrogens with zero attached hydrogens (tertiary/aromatic N) is 1. The number of fused-ring (bicyclic) bond motifs is 1. The molecule has 2 atom stereocenters. The van der Waals surface area contributed by atoms with Gasteiger partial charge in [-0.15, -0.1) is 0 Å². The van der Waals surface area contributed by atoms with Gasteiger partial charge in [0.1, 0.15) is 18.3 Å². The van der Waals surface area contributed by atoms with Gasteiger partial charge in [-0.1, -0.05) is 32.0 Å². The van der Waals surface area contributed by atoms with Crippen molar-refractivity contribution in [3.8, 4) is 5.75 Å². The first-order valence-electron chi connectivity index (χ1n) is 8.50. The SMILES string of the molecule is CCN(CC)C(CNC(=O)C1COc2ccccc21)c1ccsc1. The van der Waals surface area contributed by atoms with Crippen molar-refractivity contribution in [2.24, 2.45) is 0 Å². The summed E-state index contributed by atoms with van der Waals surface area (Å²) in [4.78, 5) is 15.1. The van der Waals surface area contributed by atoms with Gasteiger partial charge in [-0.05, 0) is 41.5 Å². The van der Waals surface area contributed by atoms with Crippen molar-refractivity contribution in [1.82, 2.24) is 10.2 Å². The van der Waals surface area contributed by atoms with Gasteiger partial charge >= 0.3 is 0 Å². The number of thiophene rings is 1. The fourth-order valence-corrected chi connectivity index (χ4v) is 3.99. The average Bonchev–Trinajstić information content (AvgIpc) is 3.27. The third-order valence-electron chi connectivity index (χ3n) is 4.67. The Hall–Kier alpha value is -1.85. The molecule has 4 nitrogen and oxygen atoms in total. The van der Waals surface area contributed by atoms with Gasteiger partial charge in [-0.25, -0.2) is 0 Å². The molecule has 24 heavy (non-hydrogen) atoms. The predicted octanol–water partition coefficient (Wildman–Crippen LogP) is 3.42. The van der Waals surface area contributed by atoms with Gasteiger partial charge in [0.05, 0.1) is 6.04 Å². The first kappa shape index (κ1) is 17.0. The van der Waals surface area contributed by atoms with Crippen molar-refractivity contribution in [1.29, 1.82) is 0 Å². The second-order valence-corrected chi connectivity index (χ2v) is 6.72. The molecular weight excluding hydrogens is 320 g/mol. The number of amides is 1. The Morgan fingerprint density at radius 1 is 1.33 bits per heavy atom. The molecule has 1 aliphatic heterocycles. The van der Waals surface area contributed by atoms with Crippen LogP contribution in [0.25, 0.3) is 0 Å². The quantitative estimate of drug-likeness (QED) is 0.837. The smallest absolute Gasteiger partial charge is 0.231 e. The monoisotopic (exact) mass is 344 g/mol. The summed E-state index contributed by atoms with van der Waals surface area (Å²) in [5, 5.41) is 7.41. The fourth-order valence-electron chi connectivity index (χ4n) is 3.29. The van der Waals surface area contributed by atoms with Crippen molar-refractivity contribution in [2.75, 3.05) is 26.2 Å². The Labute approximate surface area is 147 Å². The third kappa shape index (κ3) is 3.47. The van der Waals surface area contributed by atoms with Crippen molar-refractivity contribution in [2.45, 2.75) is 25.8 Å². The maximum absolute atomic E-state index is 12.7. The van der Waals surface area contributed by atoms with Crippen molar-refractivity contribution < 1.29 is 9.53 Å². The predicted molar refractivity (Wildman–Crippen MR) is 97.7 cm³/mol. The highest BCUT2D eigenvalue weighted by molar-refractivity contribution is 7.07. The van der Waals surface area contributed by atoms with Crippen molar-refractivity contribution >= 4 is 17.2 Å². The highest BCUT2D eigenvalue weighted by Crippen LogP contribution is 2.33. The zero-order valence-corrected chi connectivity index (χ0v) is 15.0. The minimum Gasteiger partial charge on any atom is -0.492 e. The van der Waals surface area contributed by atoms with E-state index in [1.165, 1.54) is 5.56 Å². The van der Waals surface area contributed by atoms with Crippen LogP contribution in [0.3, 0.4) is 0 Å². The number of benzene rings is 1. The highest BCUT2D eigenvalue weighted by Gasteiger charge is 2.30. The lowest BCUT2D eigenvalue weighted by molar-refractivity contribution is -0.123. The minimum atomic E-state index is -0.207. The van der Waals surface area contributed by atoms with E-state index in [-0.39, 0.29) is 17.9 Å². The molecule has 1 aliphatic rings. The molecule has 2 heterocycles. The maximum Gasteiger partial charge on any atom is 0.231 e. The molecule has 0 bridgehead atoms. The summed E-state index contributed by atoms with van der Waals surface area (Å²) in [6.45, 7) is 7.29. The van der Waals surface area contributed by atoms with Crippen LogP contribution < -0.4 is 10.1 Å². The van der Waals surface area contributed by atoms with E-state index in [2.05, 4.69) is 40.9 Å². The van der Waals surface area contributed by atoms with E-state index in [0.717, 1.165) is 24.4 Å². The lowest BCUT2D eigenvalue weighted by Gasteiger charge is -2.29. The van der Waals surface area contributed by atoms with Gasteiger partial charge in [0.25, 0.3) is 0 Å². The van der Waals surface area contributed by atoms with E-state index in [0.29, 0.717) is 13.2 Å². The first-order valence-corrected chi connectivity index (χ1v) is 9.44. The Morgan fingerprint density at radius 3 is 2.83 bits per heavy atom. The average molecular weight is 344 g/mol. The highest BCUT2D eigenvalue weighted by atomic mass is 32.1. The molecule has 3 rings (SSSR count). The van der Waals surface area contributed by atoms with E-state index in [9.17, 15) is 4.79 Å². The zero-order chi connectivity index (χ0) is 16.9. The molecule has 0 aliphatic carbocycles. The molecule has 2 aromatic rings. The van der Waals surface area contributed by atoms with Crippen LogP contribution in [0.2, 0.25) is 0 Å². The number of nitrogens with one attached hydrogen (secondary N) is 1. The van der Waals surface area contributed by atoms with Gasteiger partial charge < -0.3 is 10.1 Å². The first-order chi connectivity index (χ1) is 11.7. The van der Waals surface area contributed by atoms with Crippen molar-refractivity contribution in [3.63, 3.8) is 0 Å². The van der Waals surface area contributed by atoms with E-state index in [4.69, 9.17) is 4.74 Å². The normalized spacial score (nSPS) is 17.4. The topological polar surface area (TPSA) is 41.6 Å². The summed E-state index contributed by atoms with van der Waals surface area (Å²) in [6, 6.07) is 10.2. The number of carbonyl (C=O) groups is 1. The molecule has 1 aromatic carbocycles. The van der Waals surface area contributed by atoms with Crippen LogP contribution in [0.5, 0.6) is 5.75 Å². The Kier molecular flexibility index (Phi) is 5.53. The number of para-hydroxylation sites is 1. The van der Waals surface area contributed by atoms with Gasteiger partial charge in [-0.2, -0.15) is 11.3 Å². The van der Waals surface area contributed by atoms with Gasteiger partial charge in [-0.3, -0.25) is 9.69 Å². The van der Waals surface area contributed by atoms with Crippen LogP contribution in [-0.2, 0) is 4.79 Å². The van der Waals surface area contributed by atoms with Crippen LogP contribution in [0.1, 0.15) is 36.9 Å². The minimum absolute atomic E-state index is 0.0485. The number of carbonyl (C=O) groups excluding carboxylic acids is 1. The molecule has 1 amide bonds. The molecule has 1 aromatic heterocycles. The summed E-state index contributed by atoms with van der Waals surface area (Å²) in [7, 11) is 0. The summed E-state index contributed by atoms with van der Waals surface area (Å²) in [5.74, 6) is 0.671. The summed E-state index contributed by atoms with van der Waals surface area (Å²) < 4.78 is 5.63. The molecule has 0 fully saturated rings. The second-order valence-electron chi connectivity index (χ2n) is 5.94. The lowest BCUT2D eigenvalue weighted by Crippen LogP contribution is -2.39. The molecule has 5 heteroatoms. The van der Waals surface area contributed by atoms with Gasteiger partial charge in [0.15, 0.2) is 0 Å². The molecule has 1 N–H and O–H groups in total. The van der Waals surface area contributed by atoms with E-state index >= 15 is 0 Å². The van der Waals surface area contributed by atoms with Gasteiger partial charge in [0.2, 0.25) is 5.91 Å². The third-order valence-corrected chi connectivity index (χ3v) is 5.37. The standard InChI is InChI=1S/C19H24N2O2S/c1-3-21(4-2)17(14-9-10-24-13-14)11-20-19(22)16-12-23-18-8-6-5-7-15(16)18/h5-10,13,16-17H,3-4,11-12H2,1-2H3,(H,20,22). The van der Waals surface area contributed by atoms with Crippen LogP contribution in [-0.4, -0.2) is 37.0 Å². The molecule has 0 saturated heterocycles. The number of ether oxygens (including phenoxy) is 1. The number of hydrogen-bond donors (Lipinski definition) is 1. The van der Waals surface area contributed by atoms with Crippen LogP contribution >= 0.6 is 11.3 Å². The lowest BCUT2D eigenvalue weighted by atomic mass is 10.00. The van der Waals surface area contributed by atoms with Crippen LogP contribution in [0.4, 0.5) is 0 Å². The number of likely N-dealkylation sites (N-methyl/N-ethyl adjacent to an activating group) is 1. The maximum atomic E-state index is 12.7. The second kappa shape index (κ2) is 7.81. The van der Waals surface area contributed by atoms with Crippen molar-refractivity contribution in [3.05, 3.63) is 52.2 Å². The summed E-state index contributed by atoms with van der Waals surface area (Å²) >= 11 is 1.70. The molecule has 0 saturated carbocycles. The van der Waals surface area contributed by atoms with E-state index in [1.807, 2.05) is 24.3 Å². The Bertz CT molecular complexity index is 668. The molecule has 0 spiro atoms. The summed E-state index contributed by atoms with van der Waals surface area (Å²) in [5.41, 5.74) is 2.26. The van der Waals surface area contributed by atoms with Gasteiger partial charge in [0, 0.05) is 12.1 Å². The fraction of sp³-hybridized carbons (Fsp3) is 0.421. The Morgan fingerprint density at radius 2 is 2.12 bits per heavy atom. The Balaban J connectivity index is 1.68. The van der Waals surface area contributed by atoms with E-state index < -0.39 is 0 Å². The zero-order valence-electron chi connectivity index (χ0n) is 14.2. The van der Waals surface area contributed by atoms with Crippen LogP contribution in [0, 0.1) is 0 Å². The largest absolute Gasteiger partial charge is 0.492 e. The number of hydrogen-bond acceptors (Lipinski definition) is 4. The molecule has 2 unspecified atom stereocenters. The van der Waals surface area contributed by atoms with E-state index in [1.54, 1.807) is 11.3 Å². The number of rotatable bonds is 7. The molecule has 128 valence electrons. The molecule has 0 radical (unpaired) electrons. The van der Waals surface area contributed by atoms with Crippen LogP contribution in [0.15, 0.2) is 41.1 Å².